The molecule has 138 valence electrons. The maximum Gasteiger partial charge on any atom is 0.336 e. The van der Waals surface area contributed by atoms with Gasteiger partial charge in [-0.05, 0) is 24.3 Å². The van der Waals surface area contributed by atoms with Gasteiger partial charge >= 0.3 is 12.0 Å². The Morgan fingerprint density at radius 2 is 2.04 bits per heavy atom. The highest BCUT2D eigenvalue weighted by Crippen LogP contribution is 2.28. The molecule has 2 amide bonds. The minimum Gasteiger partial charge on any atom is -0.467 e. The zero-order chi connectivity index (χ0) is 18.4. The van der Waals surface area contributed by atoms with Gasteiger partial charge in [0.05, 0.1) is 20.3 Å². The van der Waals surface area contributed by atoms with E-state index in [-0.39, 0.29) is 24.0 Å². The van der Waals surface area contributed by atoms with Gasteiger partial charge in [-0.15, -0.1) is 0 Å². The molecule has 0 radical (unpaired) electrons. The number of morpholine rings is 1. The second-order valence-electron chi connectivity index (χ2n) is 7.13. The van der Waals surface area contributed by atoms with E-state index in [2.05, 4.69) is 31.3 Å². The molecule has 1 aliphatic rings. The summed E-state index contributed by atoms with van der Waals surface area (Å²) < 4.78 is 10.0. The molecule has 1 N–H and O–H groups in total. The van der Waals surface area contributed by atoms with Crippen LogP contribution in [-0.2, 0) is 19.7 Å². The molecule has 2 atom stereocenters. The van der Waals surface area contributed by atoms with E-state index in [1.165, 1.54) is 12.7 Å². The van der Waals surface area contributed by atoms with Crippen LogP contribution in [-0.4, -0.2) is 55.9 Å². The lowest BCUT2D eigenvalue weighted by atomic mass is 9.79. The maximum atomic E-state index is 12.5. The molecule has 2 rings (SSSR count). The fraction of sp³-hybridized carbons (Fsp3) is 0.579. The Hall–Kier alpha value is -2.08. The summed E-state index contributed by atoms with van der Waals surface area (Å²) in [4.78, 5) is 25.7. The summed E-state index contributed by atoms with van der Waals surface area (Å²) in [5, 5.41) is 3.03. The van der Waals surface area contributed by atoms with E-state index < -0.39 is 12.1 Å². The van der Waals surface area contributed by atoms with Crippen molar-refractivity contribution in [1.82, 2.24) is 10.2 Å². The van der Waals surface area contributed by atoms with Gasteiger partial charge in [-0.3, -0.25) is 0 Å². The molecule has 1 fully saturated rings. The van der Waals surface area contributed by atoms with Crippen molar-refractivity contribution in [2.45, 2.75) is 44.8 Å². The molecule has 1 aromatic rings. The van der Waals surface area contributed by atoms with Crippen molar-refractivity contribution in [2.24, 2.45) is 0 Å². The Bertz CT molecular complexity index is 588. The third kappa shape index (κ3) is 5.19. The van der Waals surface area contributed by atoms with Crippen LogP contribution in [0.2, 0.25) is 0 Å². The molecule has 0 aliphatic carbocycles. The Balaban J connectivity index is 1.90. The van der Waals surface area contributed by atoms with Crippen LogP contribution in [0.1, 0.15) is 32.8 Å². The lowest BCUT2D eigenvalue weighted by Crippen LogP contribution is -2.53. The van der Waals surface area contributed by atoms with E-state index in [0.717, 1.165) is 6.42 Å². The lowest BCUT2D eigenvalue weighted by Gasteiger charge is -2.34. The van der Waals surface area contributed by atoms with Crippen LogP contribution in [0.3, 0.4) is 0 Å². The quantitative estimate of drug-likeness (QED) is 0.829. The summed E-state index contributed by atoms with van der Waals surface area (Å²) in [6.07, 6.45) is 0.105. The summed E-state index contributed by atoms with van der Waals surface area (Å²) in [5.41, 5.74) is 1.20. The van der Waals surface area contributed by atoms with E-state index in [4.69, 9.17) is 9.47 Å². The number of carbonyl (C=O) groups excluding carboxylic acids is 2. The van der Waals surface area contributed by atoms with Gasteiger partial charge in [0.1, 0.15) is 0 Å². The minimum absolute atomic E-state index is 0.00197. The van der Waals surface area contributed by atoms with Gasteiger partial charge < -0.3 is 19.7 Å². The predicted octanol–water partition coefficient (Wildman–Crippen LogP) is 2.33. The molecule has 6 heteroatoms. The fourth-order valence-electron chi connectivity index (χ4n) is 3.23. The number of benzene rings is 1. The molecule has 0 aromatic heterocycles. The van der Waals surface area contributed by atoms with Crippen molar-refractivity contribution in [3.8, 4) is 0 Å². The zero-order valence-corrected chi connectivity index (χ0v) is 15.5. The monoisotopic (exact) mass is 348 g/mol. The number of nitrogens with zero attached hydrogens (tertiary/aromatic N) is 1. The summed E-state index contributed by atoms with van der Waals surface area (Å²) >= 11 is 0. The first-order valence-corrected chi connectivity index (χ1v) is 8.64. The number of urea groups is 1. The summed E-state index contributed by atoms with van der Waals surface area (Å²) in [5.74, 6) is -0.448. The number of amides is 2. The number of hydrogen-bond donors (Lipinski definition) is 1. The van der Waals surface area contributed by atoms with Crippen molar-refractivity contribution < 1.29 is 19.1 Å². The highest BCUT2D eigenvalue weighted by atomic mass is 16.6. The summed E-state index contributed by atoms with van der Waals surface area (Å²) in [6, 6.07) is 10.1. The number of ether oxygens (including phenoxy) is 2. The second-order valence-corrected chi connectivity index (χ2v) is 7.13. The van der Waals surface area contributed by atoms with Crippen molar-refractivity contribution in [2.75, 3.05) is 26.8 Å². The van der Waals surface area contributed by atoms with E-state index in [0.29, 0.717) is 13.2 Å². The molecular weight excluding hydrogens is 320 g/mol. The largest absolute Gasteiger partial charge is 0.467 e. The molecule has 6 nitrogen and oxygen atoms in total. The van der Waals surface area contributed by atoms with Crippen LogP contribution in [0.25, 0.3) is 0 Å². The molecule has 0 spiro atoms. The van der Waals surface area contributed by atoms with E-state index in [9.17, 15) is 9.59 Å². The van der Waals surface area contributed by atoms with Crippen LogP contribution in [0.4, 0.5) is 4.79 Å². The number of nitrogens with one attached hydrogen (secondary N) is 1. The van der Waals surface area contributed by atoms with Crippen LogP contribution in [0.5, 0.6) is 0 Å². The van der Waals surface area contributed by atoms with Gasteiger partial charge in [0.25, 0.3) is 0 Å². The number of hydrogen-bond acceptors (Lipinski definition) is 4. The number of esters is 1. The summed E-state index contributed by atoms with van der Waals surface area (Å²) in [7, 11) is 1.32. The smallest absolute Gasteiger partial charge is 0.336 e. The lowest BCUT2D eigenvalue weighted by molar-refractivity contribution is -0.158. The molecule has 1 heterocycles. The third-order valence-electron chi connectivity index (χ3n) is 4.56. The van der Waals surface area contributed by atoms with Crippen molar-refractivity contribution >= 4 is 12.0 Å². The summed E-state index contributed by atoms with van der Waals surface area (Å²) in [6.45, 7) is 7.36. The van der Waals surface area contributed by atoms with Gasteiger partial charge in [-0.2, -0.15) is 0 Å². The second kappa shape index (κ2) is 8.34. The number of methoxy groups -OCH3 is 1. The first kappa shape index (κ1) is 19.2. The minimum atomic E-state index is -0.708. The number of rotatable bonds is 5. The van der Waals surface area contributed by atoms with Gasteiger partial charge in [0, 0.05) is 12.6 Å². The highest BCUT2D eigenvalue weighted by Gasteiger charge is 2.31. The first-order chi connectivity index (χ1) is 11.8. The number of carbonyl (C=O) groups is 2. The van der Waals surface area contributed by atoms with Crippen LogP contribution < -0.4 is 5.32 Å². The molecule has 0 unspecified atom stereocenters. The maximum absolute atomic E-state index is 12.5. The topological polar surface area (TPSA) is 67.9 Å². The standard InChI is InChI=1S/C19H28N2O4/c1-14(12-19(2,3)15-8-6-5-7-9-15)20-18(23)21-10-11-25-16(13-21)17(22)24-4/h5-9,14,16H,10-13H2,1-4H3,(H,20,23)/t14-,16+/m0/s1. The van der Waals surface area contributed by atoms with E-state index >= 15 is 0 Å². The first-order valence-electron chi connectivity index (χ1n) is 8.64. The van der Waals surface area contributed by atoms with Crippen LogP contribution in [0.15, 0.2) is 30.3 Å². The third-order valence-corrected chi connectivity index (χ3v) is 4.56. The Morgan fingerprint density at radius 1 is 1.36 bits per heavy atom. The Kier molecular flexibility index (Phi) is 6.42. The molecular formula is C19H28N2O4. The SMILES string of the molecule is COC(=O)[C@H]1CN(C(=O)N[C@@H](C)CC(C)(C)c2ccccc2)CCO1. The Morgan fingerprint density at radius 3 is 2.68 bits per heavy atom. The van der Waals surface area contributed by atoms with Crippen molar-refractivity contribution in [1.29, 1.82) is 0 Å². The normalized spacial score (nSPS) is 19.2. The van der Waals surface area contributed by atoms with E-state index in [1.54, 1.807) is 4.90 Å². The average molecular weight is 348 g/mol. The molecule has 1 saturated heterocycles. The van der Waals surface area contributed by atoms with Crippen molar-refractivity contribution in [3.63, 3.8) is 0 Å². The van der Waals surface area contributed by atoms with Crippen molar-refractivity contribution in [3.05, 3.63) is 35.9 Å². The van der Waals surface area contributed by atoms with Gasteiger partial charge in [-0.1, -0.05) is 44.2 Å². The van der Waals surface area contributed by atoms with Gasteiger partial charge in [0.15, 0.2) is 6.10 Å². The molecule has 1 aromatic carbocycles. The molecule has 1 aliphatic heterocycles. The van der Waals surface area contributed by atoms with Gasteiger partial charge in [-0.25, -0.2) is 9.59 Å². The highest BCUT2D eigenvalue weighted by molar-refractivity contribution is 5.78. The van der Waals surface area contributed by atoms with E-state index in [1.807, 2.05) is 25.1 Å². The van der Waals surface area contributed by atoms with Gasteiger partial charge in [0.2, 0.25) is 0 Å². The van der Waals surface area contributed by atoms with Crippen LogP contribution >= 0.6 is 0 Å². The Labute approximate surface area is 149 Å². The average Bonchev–Trinajstić information content (AvgIpc) is 2.61. The molecule has 0 bridgehead atoms. The zero-order valence-electron chi connectivity index (χ0n) is 15.5. The van der Waals surface area contributed by atoms with Crippen LogP contribution in [0, 0.1) is 0 Å². The predicted molar refractivity (Wildman–Crippen MR) is 95.4 cm³/mol. The fourth-order valence-corrected chi connectivity index (χ4v) is 3.23. The molecule has 0 saturated carbocycles. The molecule has 25 heavy (non-hydrogen) atoms.